The Balaban J connectivity index is 1.92. The number of fused-ring (bicyclic) bond motifs is 1. The fourth-order valence-corrected chi connectivity index (χ4v) is 2.55. The van der Waals surface area contributed by atoms with Crippen LogP contribution in [0.3, 0.4) is 0 Å². The zero-order chi connectivity index (χ0) is 15.2. The molecule has 0 bridgehead atoms. The Bertz CT molecular complexity index is 562. The summed E-state index contributed by atoms with van der Waals surface area (Å²) in [5.41, 5.74) is 2.31. The molecule has 0 radical (unpaired) electrons. The van der Waals surface area contributed by atoms with Crippen molar-refractivity contribution in [1.29, 1.82) is 0 Å². The average molecular weight is 284 g/mol. The summed E-state index contributed by atoms with van der Waals surface area (Å²) in [5, 5.41) is 4.78. The van der Waals surface area contributed by atoms with E-state index in [1.54, 1.807) is 0 Å². The Morgan fingerprint density at radius 2 is 1.67 bits per heavy atom. The average Bonchev–Trinajstić information content (AvgIpc) is 2.46. The lowest BCUT2D eigenvalue weighted by Crippen LogP contribution is -2.29. The van der Waals surface area contributed by atoms with E-state index < -0.39 is 0 Å². The molecule has 114 valence electrons. The first-order valence-electron chi connectivity index (χ1n) is 8.11. The zero-order valence-corrected chi connectivity index (χ0v) is 13.8. The predicted octanol–water partition coefficient (Wildman–Crippen LogP) is 4.30. The maximum atomic E-state index is 4.79. The number of hydrogen-bond donors (Lipinski definition) is 1. The molecule has 1 aromatic heterocycles. The summed E-state index contributed by atoms with van der Waals surface area (Å²) in [7, 11) is 0. The maximum absolute atomic E-state index is 4.79. The molecule has 2 heteroatoms. The van der Waals surface area contributed by atoms with Crippen molar-refractivity contribution in [2.24, 2.45) is 17.8 Å². The van der Waals surface area contributed by atoms with Crippen LogP contribution in [0.1, 0.15) is 33.4 Å². The summed E-state index contributed by atoms with van der Waals surface area (Å²) in [6.45, 7) is 11.4. The van der Waals surface area contributed by atoms with E-state index in [1.807, 2.05) is 0 Å². The van der Waals surface area contributed by atoms with Gasteiger partial charge in [-0.05, 0) is 49.4 Å². The molecule has 0 fully saturated rings. The molecule has 1 N–H and O–H groups in total. The van der Waals surface area contributed by atoms with E-state index in [9.17, 15) is 0 Å². The van der Waals surface area contributed by atoms with Crippen molar-refractivity contribution in [1.82, 2.24) is 10.3 Å². The van der Waals surface area contributed by atoms with Crippen LogP contribution in [-0.2, 0) is 6.42 Å². The van der Waals surface area contributed by atoms with Gasteiger partial charge in [0, 0.05) is 11.1 Å². The molecule has 0 saturated heterocycles. The summed E-state index contributed by atoms with van der Waals surface area (Å²) < 4.78 is 0. The number of hydrogen-bond acceptors (Lipinski definition) is 2. The lowest BCUT2D eigenvalue weighted by atomic mass is 9.91. The van der Waals surface area contributed by atoms with Gasteiger partial charge in [0.25, 0.3) is 0 Å². The fraction of sp³-hybridized carbons (Fsp3) is 0.526. The van der Waals surface area contributed by atoms with Crippen LogP contribution >= 0.6 is 0 Å². The Labute approximate surface area is 129 Å². The van der Waals surface area contributed by atoms with E-state index >= 15 is 0 Å². The monoisotopic (exact) mass is 284 g/mol. The second kappa shape index (κ2) is 7.56. The molecule has 0 aliphatic carbocycles. The molecule has 0 aliphatic heterocycles. The van der Waals surface area contributed by atoms with Gasteiger partial charge in [0.15, 0.2) is 0 Å². The lowest BCUT2D eigenvalue weighted by Gasteiger charge is -2.21. The van der Waals surface area contributed by atoms with Crippen LogP contribution in [-0.4, -0.2) is 18.1 Å². The predicted molar refractivity (Wildman–Crippen MR) is 91.5 cm³/mol. The quantitative estimate of drug-likeness (QED) is 0.820. The highest BCUT2D eigenvalue weighted by atomic mass is 14.9. The molecule has 2 aromatic rings. The highest BCUT2D eigenvalue weighted by Crippen LogP contribution is 2.18. The lowest BCUT2D eigenvalue weighted by molar-refractivity contribution is 0.355. The van der Waals surface area contributed by atoms with Gasteiger partial charge in [-0.1, -0.05) is 52.0 Å². The summed E-state index contributed by atoms with van der Waals surface area (Å²) in [5.74, 6) is 2.02. The summed E-state index contributed by atoms with van der Waals surface area (Å²) in [6.07, 6.45) is 1.05. The van der Waals surface area contributed by atoms with Gasteiger partial charge in [0.1, 0.15) is 0 Å². The van der Waals surface area contributed by atoms with Crippen molar-refractivity contribution in [3.63, 3.8) is 0 Å². The van der Waals surface area contributed by atoms with E-state index in [-0.39, 0.29) is 0 Å². The highest BCUT2D eigenvalue weighted by molar-refractivity contribution is 5.78. The van der Waals surface area contributed by atoms with Crippen molar-refractivity contribution in [3.8, 4) is 0 Å². The molecule has 2 atom stereocenters. The van der Waals surface area contributed by atoms with Crippen molar-refractivity contribution in [3.05, 3.63) is 42.1 Å². The third-order valence-electron chi connectivity index (χ3n) is 4.18. The van der Waals surface area contributed by atoms with Crippen LogP contribution < -0.4 is 5.32 Å². The molecular formula is C19H28N2. The smallest absolute Gasteiger partial charge is 0.0705 e. The zero-order valence-electron chi connectivity index (χ0n) is 13.8. The number of nitrogens with zero attached hydrogens (tertiary/aromatic N) is 1. The standard InChI is InChI=1S/C19H28N2/c1-14(2)12-20-13-16(4)15(3)11-18-10-9-17-7-5-6-8-19(17)21-18/h5-10,14-16,20H,11-13H2,1-4H3. The van der Waals surface area contributed by atoms with Crippen LogP contribution in [0.2, 0.25) is 0 Å². The number of benzene rings is 1. The number of pyridine rings is 1. The molecule has 2 nitrogen and oxygen atoms in total. The molecule has 1 heterocycles. The van der Waals surface area contributed by atoms with E-state index in [1.165, 1.54) is 11.1 Å². The van der Waals surface area contributed by atoms with Crippen molar-refractivity contribution in [2.75, 3.05) is 13.1 Å². The molecule has 0 saturated carbocycles. The third kappa shape index (κ3) is 4.82. The van der Waals surface area contributed by atoms with E-state index in [4.69, 9.17) is 4.98 Å². The first kappa shape index (κ1) is 16.0. The van der Waals surface area contributed by atoms with Gasteiger partial charge in [0.2, 0.25) is 0 Å². The van der Waals surface area contributed by atoms with Gasteiger partial charge in [-0.2, -0.15) is 0 Å². The van der Waals surface area contributed by atoms with Crippen LogP contribution in [0, 0.1) is 17.8 Å². The van der Waals surface area contributed by atoms with E-state index in [2.05, 4.69) is 69.4 Å². The first-order chi connectivity index (χ1) is 10.1. The minimum Gasteiger partial charge on any atom is -0.316 e. The van der Waals surface area contributed by atoms with Gasteiger partial charge in [-0.3, -0.25) is 4.98 Å². The second-order valence-electron chi connectivity index (χ2n) is 6.71. The van der Waals surface area contributed by atoms with Gasteiger partial charge >= 0.3 is 0 Å². The first-order valence-corrected chi connectivity index (χ1v) is 8.11. The fourth-order valence-electron chi connectivity index (χ4n) is 2.55. The summed E-state index contributed by atoms with van der Waals surface area (Å²) in [4.78, 5) is 4.79. The molecule has 21 heavy (non-hydrogen) atoms. The maximum Gasteiger partial charge on any atom is 0.0705 e. The Morgan fingerprint density at radius 1 is 0.905 bits per heavy atom. The number of para-hydroxylation sites is 1. The van der Waals surface area contributed by atoms with Crippen molar-refractivity contribution in [2.45, 2.75) is 34.1 Å². The van der Waals surface area contributed by atoms with Gasteiger partial charge in [-0.15, -0.1) is 0 Å². The van der Waals surface area contributed by atoms with Crippen LogP contribution in [0.4, 0.5) is 0 Å². The molecule has 0 spiro atoms. The Morgan fingerprint density at radius 3 is 2.43 bits per heavy atom. The second-order valence-corrected chi connectivity index (χ2v) is 6.71. The number of nitrogens with one attached hydrogen (secondary N) is 1. The van der Waals surface area contributed by atoms with E-state index in [0.717, 1.165) is 30.9 Å². The largest absolute Gasteiger partial charge is 0.316 e. The SMILES string of the molecule is CC(C)CNCC(C)C(C)Cc1ccc2ccccc2n1. The van der Waals surface area contributed by atoms with Gasteiger partial charge in [0.05, 0.1) is 5.52 Å². The Kier molecular flexibility index (Phi) is 5.75. The summed E-state index contributed by atoms with van der Waals surface area (Å²) >= 11 is 0. The Hall–Kier alpha value is -1.41. The molecule has 0 amide bonds. The number of rotatable bonds is 7. The normalized spacial score (nSPS) is 14.5. The molecule has 2 rings (SSSR count). The van der Waals surface area contributed by atoms with Crippen LogP contribution in [0.25, 0.3) is 10.9 Å². The van der Waals surface area contributed by atoms with Crippen LogP contribution in [0.15, 0.2) is 36.4 Å². The van der Waals surface area contributed by atoms with Gasteiger partial charge < -0.3 is 5.32 Å². The third-order valence-corrected chi connectivity index (χ3v) is 4.18. The van der Waals surface area contributed by atoms with Crippen molar-refractivity contribution >= 4 is 10.9 Å². The molecule has 0 aliphatic rings. The highest BCUT2D eigenvalue weighted by Gasteiger charge is 2.13. The van der Waals surface area contributed by atoms with Crippen molar-refractivity contribution < 1.29 is 0 Å². The minimum absolute atomic E-state index is 0.637. The summed E-state index contributed by atoms with van der Waals surface area (Å²) in [6, 6.07) is 12.7. The molecule has 1 aromatic carbocycles. The minimum atomic E-state index is 0.637. The molecule has 2 unspecified atom stereocenters. The van der Waals surface area contributed by atoms with E-state index in [0.29, 0.717) is 11.8 Å². The molecular weight excluding hydrogens is 256 g/mol. The topological polar surface area (TPSA) is 24.9 Å². The van der Waals surface area contributed by atoms with Gasteiger partial charge in [-0.25, -0.2) is 0 Å². The number of aromatic nitrogens is 1. The van der Waals surface area contributed by atoms with Crippen LogP contribution in [0.5, 0.6) is 0 Å².